The van der Waals surface area contributed by atoms with Crippen LogP contribution in [0.5, 0.6) is 0 Å². The van der Waals surface area contributed by atoms with Gasteiger partial charge in [-0.2, -0.15) is 0 Å². The van der Waals surface area contributed by atoms with Gasteiger partial charge in [0.05, 0.1) is 24.4 Å². The van der Waals surface area contributed by atoms with Crippen LogP contribution < -0.4 is 11.1 Å². The number of carbonyl (C=O) groups excluding carboxylic acids is 1. The molecule has 0 heterocycles. The molecule has 0 aliphatic heterocycles. The van der Waals surface area contributed by atoms with Crippen molar-refractivity contribution in [3.05, 3.63) is 22.2 Å². The van der Waals surface area contributed by atoms with Gasteiger partial charge in [-0.1, -0.05) is 0 Å². The van der Waals surface area contributed by atoms with E-state index in [0.29, 0.717) is 31.0 Å². The lowest BCUT2D eigenvalue weighted by molar-refractivity contribution is -0.117. The molecule has 0 aliphatic rings. The minimum atomic E-state index is -0.102. The van der Waals surface area contributed by atoms with Crippen LogP contribution >= 0.6 is 15.9 Å². The number of nitrogen functional groups attached to an aromatic ring is 1. The summed E-state index contributed by atoms with van der Waals surface area (Å²) in [7, 11) is 0. The third kappa shape index (κ3) is 4.36. The predicted molar refractivity (Wildman–Crippen MR) is 73.0 cm³/mol. The van der Waals surface area contributed by atoms with Crippen LogP contribution in [0.25, 0.3) is 0 Å². The van der Waals surface area contributed by atoms with Crippen LogP contribution in [-0.2, 0) is 9.53 Å². The summed E-state index contributed by atoms with van der Waals surface area (Å²) in [6.07, 6.45) is 0.327. The number of benzene rings is 1. The van der Waals surface area contributed by atoms with Gasteiger partial charge in [-0.3, -0.25) is 4.79 Å². The van der Waals surface area contributed by atoms with E-state index in [0.717, 1.165) is 10.0 Å². The molecule has 0 spiro atoms. The van der Waals surface area contributed by atoms with E-state index in [-0.39, 0.29) is 5.91 Å². The molecule has 5 heteroatoms. The van der Waals surface area contributed by atoms with Crippen molar-refractivity contribution in [1.29, 1.82) is 0 Å². The Labute approximate surface area is 110 Å². The molecule has 0 aliphatic carbocycles. The summed E-state index contributed by atoms with van der Waals surface area (Å²) >= 11 is 3.38. The smallest absolute Gasteiger partial charge is 0.226 e. The number of halogens is 1. The third-order valence-electron chi connectivity index (χ3n) is 2.21. The van der Waals surface area contributed by atoms with Gasteiger partial charge in [0.2, 0.25) is 5.91 Å². The van der Waals surface area contributed by atoms with Crippen LogP contribution in [0.3, 0.4) is 0 Å². The molecule has 0 radical (unpaired) electrons. The van der Waals surface area contributed by atoms with Crippen LogP contribution in [0.1, 0.15) is 18.9 Å². The van der Waals surface area contributed by atoms with Gasteiger partial charge in [0.25, 0.3) is 0 Å². The Balaban J connectivity index is 2.65. The van der Waals surface area contributed by atoms with E-state index in [9.17, 15) is 4.79 Å². The number of amides is 1. The van der Waals surface area contributed by atoms with Crippen molar-refractivity contribution in [1.82, 2.24) is 0 Å². The molecule has 0 aromatic heterocycles. The van der Waals surface area contributed by atoms with Gasteiger partial charge in [0.15, 0.2) is 0 Å². The van der Waals surface area contributed by atoms with Gasteiger partial charge in [-0.05, 0) is 47.5 Å². The summed E-state index contributed by atoms with van der Waals surface area (Å²) < 4.78 is 5.91. The fourth-order valence-electron chi connectivity index (χ4n) is 1.41. The number of nitrogens with two attached hydrogens (primary N) is 1. The quantitative estimate of drug-likeness (QED) is 0.649. The Kier molecular flexibility index (Phi) is 5.44. The van der Waals surface area contributed by atoms with Crippen LogP contribution in [0.4, 0.5) is 11.4 Å². The Morgan fingerprint density at radius 2 is 2.24 bits per heavy atom. The molecule has 1 aromatic carbocycles. The molecule has 0 atom stereocenters. The van der Waals surface area contributed by atoms with Gasteiger partial charge in [-0.15, -0.1) is 0 Å². The highest BCUT2D eigenvalue weighted by Gasteiger charge is 2.09. The lowest BCUT2D eigenvalue weighted by Crippen LogP contribution is -2.15. The topological polar surface area (TPSA) is 64.3 Å². The summed E-state index contributed by atoms with van der Waals surface area (Å²) in [6.45, 7) is 4.88. The van der Waals surface area contributed by atoms with E-state index in [2.05, 4.69) is 21.2 Å². The number of ether oxygens (including phenoxy) is 1. The maximum atomic E-state index is 11.6. The Bertz CT molecular complexity index is 384. The largest absolute Gasteiger partial charge is 0.397 e. The molecule has 0 unspecified atom stereocenters. The maximum Gasteiger partial charge on any atom is 0.226 e. The molecule has 0 fully saturated rings. The minimum Gasteiger partial charge on any atom is -0.397 e. The van der Waals surface area contributed by atoms with Gasteiger partial charge in [0, 0.05) is 11.1 Å². The molecule has 94 valence electrons. The summed E-state index contributed by atoms with van der Waals surface area (Å²) in [5.41, 5.74) is 8.07. The second-order valence-electron chi connectivity index (χ2n) is 3.71. The van der Waals surface area contributed by atoms with Crippen LogP contribution in [0.2, 0.25) is 0 Å². The van der Waals surface area contributed by atoms with E-state index < -0.39 is 0 Å². The molecule has 3 N–H and O–H groups in total. The fourth-order valence-corrected chi connectivity index (χ4v) is 2.10. The minimum absolute atomic E-state index is 0.102. The van der Waals surface area contributed by atoms with Crippen LogP contribution in [0.15, 0.2) is 16.6 Å². The fraction of sp³-hybridized carbons (Fsp3) is 0.417. The number of hydrogen-bond donors (Lipinski definition) is 2. The first-order valence-electron chi connectivity index (χ1n) is 5.47. The van der Waals surface area contributed by atoms with E-state index in [1.807, 2.05) is 26.0 Å². The third-order valence-corrected chi connectivity index (χ3v) is 2.83. The van der Waals surface area contributed by atoms with E-state index in [1.54, 1.807) is 0 Å². The molecule has 1 amide bonds. The molecule has 1 rings (SSSR count). The molecule has 17 heavy (non-hydrogen) atoms. The number of aryl methyl sites for hydroxylation is 1. The number of rotatable bonds is 5. The zero-order valence-electron chi connectivity index (χ0n) is 10.0. The summed E-state index contributed by atoms with van der Waals surface area (Å²) in [5.74, 6) is -0.102. The van der Waals surface area contributed by atoms with Crippen molar-refractivity contribution in [2.75, 3.05) is 24.3 Å². The standard InChI is InChI=1S/C12H17BrN2O2/c1-3-17-5-4-11(16)15-12-9(13)6-8(2)7-10(12)14/h6-7H,3-5,14H2,1-2H3,(H,15,16). The van der Waals surface area contributed by atoms with Crippen molar-refractivity contribution in [2.24, 2.45) is 0 Å². The number of hydrogen-bond acceptors (Lipinski definition) is 3. The lowest BCUT2D eigenvalue weighted by Gasteiger charge is -2.11. The number of anilines is 2. The average Bonchev–Trinajstić information content (AvgIpc) is 2.24. The number of carbonyl (C=O) groups is 1. The zero-order valence-corrected chi connectivity index (χ0v) is 11.6. The highest BCUT2D eigenvalue weighted by atomic mass is 79.9. The highest BCUT2D eigenvalue weighted by Crippen LogP contribution is 2.30. The van der Waals surface area contributed by atoms with Gasteiger partial charge in [-0.25, -0.2) is 0 Å². The van der Waals surface area contributed by atoms with Crippen LogP contribution in [0, 0.1) is 6.92 Å². The first-order valence-corrected chi connectivity index (χ1v) is 6.27. The lowest BCUT2D eigenvalue weighted by atomic mass is 10.2. The molecule has 1 aromatic rings. The Hall–Kier alpha value is -1.07. The Morgan fingerprint density at radius 3 is 2.82 bits per heavy atom. The summed E-state index contributed by atoms with van der Waals surface area (Å²) in [6, 6.07) is 3.73. The van der Waals surface area contributed by atoms with Crippen molar-refractivity contribution >= 4 is 33.2 Å². The SMILES string of the molecule is CCOCCC(=O)Nc1c(N)cc(C)cc1Br. The summed E-state index contributed by atoms with van der Waals surface area (Å²) in [5, 5.41) is 2.77. The average molecular weight is 301 g/mol. The second-order valence-corrected chi connectivity index (χ2v) is 4.56. The molecule has 4 nitrogen and oxygen atoms in total. The monoisotopic (exact) mass is 300 g/mol. The van der Waals surface area contributed by atoms with E-state index in [4.69, 9.17) is 10.5 Å². The molecule has 0 bridgehead atoms. The first-order chi connectivity index (χ1) is 8.04. The van der Waals surface area contributed by atoms with Gasteiger partial charge in [0.1, 0.15) is 0 Å². The molecular weight excluding hydrogens is 284 g/mol. The molecule has 0 saturated carbocycles. The molecule has 0 saturated heterocycles. The zero-order chi connectivity index (χ0) is 12.8. The van der Waals surface area contributed by atoms with E-state index >= 15 is 0 Å². The first kappa shape index (κ1) is 14.0. The van der Waals surface area contributed by atoms with Crippen LogP contribution in [-0.4, -0.2) is 19.1 Å². The van der Waals surface area contributed by atoms with E-state index in [1.165, 1.54) is 0 Å². The van der Waals surface area contributed by atoms with Crippen molar-refractivity contribution in [2.45, 2.75) is 20.3 Å². The highest BCUT2D eigenvalue weighted by molar-refractivity contribution is 9.10. The predicted octanol–water partition coefficient (Wildman–Crippen LogP) is 2.70. The number of nitrogens with one attached hydrogen (secondary N) is 1. The van der Waals surface area contributed by atoms with Crippen molar-refractivity contribution < 1.29 is 9.53 Å². The normalized spacial score (nSPS) is 10.3. The van der Waals surface area contributed by atoms with Gasteiger partial charge < -0.3 is 15.8 Å². The molecular formula is C12H17BrN2O2. The second kappa shape index (κ2) is 6.61. The Morgan fingerprint density at radius 1 is 1.53 bits per heavy atom. The van der Waals surface area contributed by atoms with Gasteiger partial charge >= 0.3 is 0 Å². The summed E-state index contributed by atoms with van der Waals surface area (Å²) in [4.78, 5) is 11.6. The van der Waals surface area contributed by atoms with Crippen molar-refractivity contribution in [3.63, 3.8) is 0 Å². The maximum absolute atomic E-state index is 11.6. The van der Waals surface area contributed by atoms with Crippen molar-refractivity contribution in [3.8, 4) is 0 Å².